The first-order valence-electron chi connectivity index (χ1n) is 10.7. The zero-order valence-corrected chi connectivity index (χ0v) is 20.8. The van der Waals surface area contributed by atoms with Gasteiger partial charge in [0.25, 0.3) is 5.78 Å². The summed E-state index contributed by atoms with van der Waals surface area (Å²) < 4.78 is 20.5. The van der Waals surface area contributed by atoms with E-state index in [9.17, 15) is 19.1 Å². The lowest BCUT2D eigenvalue weighted by molar-refractivity contribution is -0.132. The number of nitrogens with zero attached hydrogens (tertiary/aromatic N) is 2. The van der Waals surface area contributed by atoms with Gasteiger partial charge in [-0.1, -0.05) is 39.4 Å². The van der Waals surface area contributed by atoms with Crippen molar-refractivity contribution in [2.75, 3.05) is 11.5 Å². The summed E-state index contributed by atoms with van der Waals surface area (Å²) in [5, 5.41) is 11.5. The molecule has 176 valence electrons. The van der Waals surface area contributed by atoms with E-state index in [4.69, 9.17) is 4.74 Å². The van der Waals surface area contributed by atoms with Crippen LogP contribution in [0.25, 0.3) is 16.0 Å². The van der Waals surface area contributed by atoms with E-state index in [1.165, 1.54) is 23.1 Å². The molecule has 0 bridgehead atoms. The second kappa shape index (κ2) is 9.24. The van der Waals surface area contributed by atoms with Crippen LogP contribution in [-0.2, 0) is 9.59 Å². The number of fused-ring (bicyclic) bond motifs is 1. The summed E-state index contributed by atoms with van der Waals surface area (Å²) >= 11 is 4.54. The minimum absolute atomic E-state index is 0.0531. The van der Waals surface area contributed by atoms with E-state index >= 15 is 0 Å². The van der Waals surface area contributed by atoms with Gasteiger partial charge in [0.1, 0.15) is 17.3 Å². The van der Waals surface area contributed by atoms with Crippen LogP contribution < -0.4 is 9.64 Å². The Bertz CT molecular complexity index is 1500. The van der Waals surface area contributed by atoms with Crippen LogP contribution in [0.5, 0.6) is 5.75 Å². The maximum atomic E-state index is 13.8. The molecule has 1 N–H and O–H groups in total. The highest BCUT2D eigenvalue weighted by atomic mass is 79.9. The molecule has 0 aliphatic carbocycles. The average Bonchev–Trinajstić information content (AvgIpc) is 3.37. The van der Waals surface area contributed by atoms with Gasteiger partial charge in [-0.2, -0.15) is 0 Å². The predicted octanol–water partition coefficient (Wildman–Crippen LogP) is 6.22. The number of hydrogen-bond acceptors (Lipinski definition) is 6. The van der Waals surface area contributed by atoms with Gasteiger partial charge in [-0.05, 0) is 67.1 Å². The lowest BCUT2D eigenvalue weighted by Gasteiger charge is -2.23. The highest BCUT2D eigenvalue weighted by Crippen LogP contribution is 2.44. The Kier molecular flexibility index (Phi) is 6.12. The molecule has 0 radical (unpaired) electrons. The van der Waals surface area contributed by atoms with E-state index in [0.717, 1.165) is 15.8 Å². The number of ether oxygens (including phenoxy) is 1. The average molecular weight is 553 g/mol. The maximum Gasteiger partial charge on any atom is 0.301 e. The number of benzene rings is 3. The number of halogens is 2. The first kappa shape index (κ1) is 23.2. The van der Waals surface area contributed by atoms with E-state index < -0.39 is 23.5 Å². The minimum atomic E-state index is -0.926. The molecule has 1 atom stereocenters. The zero-order valence-electron chi connectivity index (χ0n) is 18.4. The molecule has 6 nitrogen and oxygen atoms in total. The largest absolute Gasteiger partial charge is 0.507 e. The topological polar surface area (TPSA) is 79.7 Å². The predicted molar refractivity (Wildman–Crippen MR) is 136 cm³/mol. The quantitative estimate of drug-likeness (QED) is 0.180. The van der Waals surface area contributed by atoms with Crippen molar-refractivity contribution in [3.63, 3.8) is 0 Å². The van der Waals surface area contributed by atoms with Crippen molar-refractivity contribution in [2.45, 2.75) is 13.0 Å². The van der Waals surface area contributed by atoms with Gasteiger partial charge in [0, 0.05) is 10.0 Å². The number of Topliss-reactive ketones (excluding diaryl/α,β-unsaturated/α-hetero) is 1. The Morgan fingerprint density at radius 3 is 2.63 bits per heavy atom. The molecule has 1 saturated heterocycles. The standard InChI is InChI=1S/C26H18BrFN2O4S/c1-2-34-18-9-6-14(7-10-18)23(31)21-22(15-4-3-5-16(27)12-15)30(25(33)24(21)32)26-29-19-11-8-17(28)13-20(19)35-26/h3-13,22,31H,2H2,1H3/b23-21+/t22-/m1/s1. The van der Waals surface area contributed by atoms with Gasteiger partial charge in [-0.15, -0.1) is 0 Å². The Morgan fingerprint density at radius 1 is 1.14 bits per heavy atom. The Labute approximate surface area is 212 Å². The molecular formula is C26H18BrFN2O4S. The molecule has 1 aromatic heterocycles. The van der Waals surface area contributed by atoms with Crippen LogP contribution in [0.3, 0.4) is 0 Å². The van der Waals surface area contributed by atoms with Crippen LogP contribution in [0.15, 0.2) is 76.8 Å². The molecule has 9 heteroatoms. The number of anilines is 1. The van der Waals surface area contributed by atoms with Crippen molar-refractivity contribution in [3.8, 4) is 5.75 Å². The number of aliphatic hydroxyl groups is 1. The molecule has 3 aromatic carbocycles. The number of aromatic nitrogens is 1. The van der Waals surface area contributed by atoms with Crippen molar-refractivity contribution in [2.24, 2.45) is 0 Å². The summed E-state index contributed by atoms with van der Waals surface area (Å²) in [6, 6.07) is 17.0. The SMILES string of the molecule is CCOc1ccc(/C(O)=C2\C(=O)C(=O)N(c3nc4ccc(F)cc4s3)[C@@H]2c2cccc(Br)c2)cc1. The summed E-state index contributed by atoms with van der Waals surface area (Å²) in [4.78, 5) is 32.3. The van der Waals surface area contributed by atoms with Crippen molar-refractivity contribution in [1.82, 2.24) is 4.98 Å². The molecule has 0 saturated carbocycles. The number of carbonyl (C=O) groups excluding carboxylic acids is 2. The molecule has 5 rings (SSSR count). The van der Waals surface area contributed by atoms with Gasteiger partial charge >= 0.3 is 5.91 Å². The van der Waals surface area contributed by atoms with E-state index in [-0.39, 0.29) is 16.5 Å². The highest BCUT2D eigenvalue weighted by Gasteiger charge is 2.48. The molecule has 0 spiro atoms. The first-order valence-corrected chi connectivity index (χ1v) is 12.3. The Balaban J connectivity index is 1.69. The number of rotatable bonds is 5. The molecule has 1 aliphatic rings. The van der Waals surface area contributed by atoms with Crippen molar-refractivity contribution < 1.29 is 23.8 Å². The molecule has 0 unspecified atom stereocenters. The number of carbonyl (C=O) groups is 2. The fraction of sp³-hybridized carbons (Fsp3) is 0.115. The van der Waals surface area contributed by atoms with Gasteiger partial charge in [0.15, 0.2) is 5.13 Å². The summed E-state index contributed by atoms with van der Waals surface area (Å²) in [6.07, 6.45) is 0. The lowest BCUT2D eigenvalue weighted by Crippen LogP contribution is -2.29. The number of hydrogen-bond donors (Lipinski definition) is 1. The molecular weight excluding hydrogens is 535 g/mol. The second-order valence-electron chi connectivity index (χ2n) is 7.79. The van der Waals surface area contributed by atoms with Crippen LogP contribution in [0, 0.1) is 5.82 Å². The summed E-state index contributed by atoms with van der Waals surface area (Å²) in [6.45, 7) is 2.36. The third kappa shape index (κ3) is 4.21. The molecule has 1 fully saturated rings. The van der Waals surface area contributed by atoms with Gasteiger partial charge < -0.3 is 9.84 Å². The van der Waals surface area contributed by atoms with Crippen molar-refractivity contribution >= 4 is 60.1 Å². The summed E-state index contributed by atoms with van der Waals surface area (Å²) in [5.41, 5.74) is 1.44. The summed E-state index contributed by atoms with van der Waals surface area (Å²) in [7, 11) is 0. The van der Waals surface area contributed by atoms with Gasteiger partial charge in [-0.25, -0.2) is 9.37 Å². The smallest absolute Gasteiger partial charge is 0.301 e. The van der Waals surface area contributed by atoms with Gasteiger partial charge in [0.05, 0.1) is 28.4 Å². The van der Waals surface area contributed by atoms with Crippen LogP contribution in [0.1, 0.15) is 24.1 Å². The molecule has 35 heavy (non-hydrogen) atoms. The Hall–Kier alpha value is -3.56. The third-order valence-corrected chi connectivity index (χ3v) is 7.10. The Morgan fingerprint density at radius 2 is 1.91 bits per heavy atom. The van der Waals surface area contributed by atoms with E-state index in [0.29, 0.717) is 33.7 Å². The molecule has 1 aliphatic heterocycles. The number of aliphatic hydroxyl groups excluding tert-OH is 1. The first-order chi connectivity index (χ1) is 16.9. The minimum Gasteiger partial charge on any atom is -0.507 e. The highest BCUT2D eigenvalue weighted by molar-refractivity contribution is 9.10. The third-order valence-electron chi connectivity index (χ3n) is 5.59. The lowest BCUT2D eigenvalue weighted by atomic mass is 9.95. The van der Waals surface area contributed by atoms with Gasteiger partial charge in [-0.3, -0.25) is 14.5 Å². The van der Waals surface area contributed by atoms with E-state index in [1.54, 1.807) is 42.5 Å². The van der Waals surface area contributed by atoms with Gasteiger partial charge in [0.2, 0.25) is 0 Å². The van der Waals surface area contributed by atoms with Crippen LogP contribution >= 0.6 is 27.3 Å². The van der Waals surface area contributed by atoms with Crippen LogP contribution in [0.4, 0.5) is 9.52 Å². The number of thiazole rings is 1. The summed E-state index contributed by atoms with van der Waals surface area (Å²) in [5.74, 6) is -1.75. The van der Waals surface area contributed by atoms with Crippen LogP contribution in [0.2, 0.25) is 0 Å². The van der Waals surface area contributed by atoms with E-state index in [1.807, 2.05) is 13.0 Å². The van der Waals surface area contributed by atoms with E-state index in [2.05, 4.69) is 20.9 Å². The molecule has 1 amide bonds. The number of amides is 1. The fourth-order valence-corrected chi connectivity index (χ4v) is 5.48. The maximum absolute atomic E-state index is 13.8. The monoisotopic (exact) mass is 552 g/mol. The van der Waals surface area contributed by atoms with Crippen molar-refractivity contribution in [1.29, 1.82) is 0 Å². The number of ketones is 1. The molecule has 2 heterocycles. The zero-order chi connectivity index (χ0) is 24.7. The second-order valence-corrected chi connectivity index (χ2v) is 9.71. The van der Waals surface area contributed by atoms with Crippen LogP contribution in [-0.4, -0.2) is 28.4 Å². The fourth-order valence-electron chi connectivity index (χ4n) is 4.04. The molecule has 4 aromatic rings. The normalized spacial score (nSPS) is 17.3. The van der Waals surface area contributed by atoms with Crippen molar-refractivity contribution in [3.05, 3.63) is 93.7 Å².